The van der Waals surface area contributed by atoms with Gasteiger partial charge in [-0.2, -0.15) is 0 Å². The van der Waals surface area contributed by atoms with Crippen LogP contribution in [0.25, 0.3) is 0 Å². The van der Waals surface area contributed by atoms with Crippen LogP contribution < -0.4 is 11.1 Å². The standard InChI is InChI=1S/C14H31N3/c1-4-13-7-8-14(11-13,12-15)16-9-10-17(5-2)6-3/h13,16H,4-12,15H2,1-3H3. The second-order valence-electron chi connectivity index (χ2n) is 5.46. The number of hydrogen-bond acceptors (Lipinski definition) is 3. The minimum Gasteiger partial charge on any atom is -0.329 e. The molecule has 2 unspecified atom stereocenters. The molecule has 3 nitrogen and oxygen atoms in total. The Kier molecular flexibility index (Phi) is 6.45. The van der Waals surface area contributed by atoms with Crippen molar-refractivity contribution in [1.82, 2.24) is 10.2 Å². The summed E-state index contributed by atoms with van der Waals surface area (Å²) >= 11 is 0. The van der Waals surface area contributed by atoms with Crippen LogP contribution in [-0.2, 0) is 0 Å². The van der Waals surface area contributed by atoms with E-state index < -0.39 is 0 Å². The third-order valence-electron chi connectivity index (χ3n) is 4.50. The van der Waals surface area contributed by atoms with Crippen LogP contribution in [0.15, 0.2) is 0 Å². The summed E-state index contributed by atoms with van der Waals surface area (Å²) in [6, 6.07) is 0. The van der Waals surface area contributed by atoms with Crippen LogP contribution in [0.1, 0.15) is 46.5 Å². The molecule has 17 heavy (non-hydrogen) atoms. The van der Waals surface area contributed by atoms with E-state index in [0.29, 0.717) is 0 Å². The van der Waals surface area contributed by atoms with E-state index in [1.54, 1.807) is 0 Å². The zero-order valence-electron chi connectivity index (χ0n) is 12.0. The molecule has 1 rings (SSSR count). The molecule has 0 spiro atoms. The smallest absolute Gasteiger partial charge is 0.0307 e. The quantitative estimate of drug-likeness (QED) is 0.681. The Morgan fingerprint density at radius 2 is 2.00 bits per heavy atom. The van der Waals surface area contributed by atoms with Gasteiger partial charge >= 0.3 is 0 Å². The number of likely N-dealkylation sites (N-methyl/N-ethyl adjacent to an activating group) is 1. The summed E-state index contributed by atoms with van der Waals surface area (Å²) in [5.41, 5.74) is 6.24. The van der Waals surface area contributed by atoms with Gasteiger partial charge in [-0.15, -0.1) is 0 Å². The van der Waals surface area contributed by atoms with Gasteiger partial charge in [0, 0.05) is 25.2 Å². The minimum absolute atomic E-state index is 0.244. The van der Waals surface area contributed by atoms with Crippen LogP contribution >= 0.6 is 0 Å². The lowest BCUT2D eigenvalue weighted by atomic mass is 9.95. The van der Waals surface area contributed by atoms with E-state index in [1.165, 1.54) is 25.7 Å². The number of nitrogens with two attached hydrogens (primary N) is 1. The largest absolute Gasteiger partial charge is 0.329 e. The molecule has 0 radical (unpaired) electrons. The third kappa shape index (κ3) is 4.23. The molecule has 0 heterocycles. The van der Waals surface area contributed by atoms with Crippen molar-refractivity contribution in [3.63, 3.8) is 0 Å². The van der Waals surface area contributed by atoms with E-state index in [1.807, 2.05) is 0 Å². The first-order chi connectivity index (χ1) is 8.19. The van der Waals surface area contributed by atoms with Crippen molar-refractivity contribution in [1.29, 1.82) is 0 Å². The van der Waals surface area contributed by atoms with Gasteiger partial charge < -0.3 is 16.0 Å². The second kappa shape index (κ2) is 7.34. The summed E-state index contributed by atoms with van der Waals surface area (Å²) in [6.07, 6.45) is 5.20. The predicted molar refractivity (Wildman–Crippen MR) is 75.2 cm³/mol. The predicted octanol–water partition coefficient (Wildman–Crippen LogP) is 1.83. The average Bonchev–Trinajstić information content (AvgIpc) is 2.79. The van der Waals surface area contributed by atoms with Crippen molar-refractivity contribution in [2.45, 2.75) is 52.0 Å². The maximum absolute atomic E-state index is 5.99. The summed E-state index contributed by atoms with van der Waals surface area (Å²) in [4.78, 5) is 2.46. The minimum atomic E-state index is 0.244. The van der Waals surface area contributed by atoms with Crippen molar-refractivity contribution < 1.29 is 0 Å². The molecular weight excluding hydrogens is 210 g/mol. The topological polar surface area (TPSA) is 41.3 Å². The zero-order chi connectivity index (χ0) is 12.7. The maximum Gasteiger partial charge on any atom is 0.0307 e. The van der Waals surface area contributed by atoms with Gasteiger partial charge in [0.2, 0.25) is 0 Å². The molecule has 2 atom stereocenters. The van der Waals surface area contributed by atoms with E-state index in [0.717, 1.165) is 38.6 Å². The van der Waals surface area contributed by atoms with Crippen molar-refractivity contribution in [2.24, 2.45) is 11.7 Å². The molecule has 0 aromatic rings. The Bertz CT molecular complexity index is 204. The summed E-state index contributed by atoms with van der Waals surface area (Å²) in [7, 11) is 0. The first-order valence-corrected chi connectivity index (χ1v) is 7.37. The molecule has 1 aliphatic rings. The molecule has 102 valence electrons. The fraction of sp³-hybridized carbons (Fsp3) is 1.00. The SMILES string of the molecule is CCC1CCC(CN)(NCCN(CC)CC)C1. The molecule has 1 saturated carbocycles. The molecule has 0 aromatic carbocycles. The number of nitrogens with one attached hydrogen (secondary N) is 1. The summed E-state index contributed by atoms with van der Waals surface area (Å²) < 4.78 is 0. The maximum atomic E-state index is 5.99. The lowest BCUT2D eigenvalue weighted by molar-refractivity contribution is 0.265. The van der Waals surface area contributed by atoms with Crippen molar-refractivity contribution in [2.75, 3.05) is 32.7 Å². The second-order valence-corrected chi connectivity index (χ2v) is 5.46. The highest BCUT2D eigenvalue weighted by atomic mass is 15.1. The highest BCUT2D eigenvalue weighted by molar-refractivity contribution is 4.96. The van der Waals surface area contributed by atoms with E-state index in [2.05, 4.69) is 31.0 Å². The Morgan fingerprint density at radius 1 is 1.29 bits per heavy atom. The fourth-order valence-corrected chi connectivity index (χ4v) is 3.02. The lowest BCUT2D eigenvalue weighted by Crippen LogP contribution is -2.51. The van der Waals surface area contributed by atoms with E-state index in [4.69, 9.17) is 5.73 Å². The molecule has 0 aliphatic heterocycles. The van der Waals surface area contributed by atoms with Crippen LogP contribution in [0, 0.1) is 5.92 Å². The highest BCUT2D eigenvalue weighted by Gasteiger charge is 2.36. The van der Waals surface area contributed by atoms with Gasteiger partial charge in [-0.1, -0.05) is 27.2 Å². The number of hydrogen-bond donors (Lipinski definition) is 2. The van der Waals surface area contributed by atoms with Gasteiger partial charge in [0.05, 0.1) is 0 Å². The van der Waals surface area contributed by atoms with Crippen molar-refractivity contribution in [3.8, 4) is 0 Å². The van der Waals surface area contributed by atoms with Gasteiger partial charge in [-0.05, 0) is 38.3 Å². The first-order valence-electron chi connectivity index (χ1n) is 7.37. The zero-order valence-corrected chi connectivity index (χ0v) is 12.0. The highest BCUT2D eigenvalue weighted by Crippen LogP contribution is 2.35. The molecular formula is C14H31N3. The van der Waals surface area contributed by atoms with Crippen LogP contribution in [0.5, 0.6) is 0 Å². The van der Waals surface area contributed by atoms with Gasteiger partial charge in [0.1, 0.15) is 0 Å². The molecule has 0 aromatic heterocycles. The van der Waals surface area contributed by atoms with Crippen LogP contribution in [0.2, 0.25) is 0 Å². The summed E-state index contributed by atoms with van der Waals surface area (Å²) in [6.45, 7) is 12.1. The summed E-state index contributed by atoms with van der Waals surface area (Å²) in [5.74, 6) is 0.888. The van der Waals surface area contributed by atoms with Crippen LogP contribution in [0.3, 0.4) is 0 Å². The Balaban J connectivity index is 2.32. The van der Waals surface area contributed by atoms with Crippen molar-refractivity contribution >= 4 is 0 Å². The first kappa shape index (κ1) is 14.9. The van der Waals surface area contributed by atoms with Crippen LogP contribution in [-0.4, -0.2) is 43.2 Å². The number of rotatable bonds is 8. The molecule has 0 saturated heterocycles. The van der Waals surface area contributed by atoms with Gasteiger partial charge in [-0.25, -0.2) is 0 Å². The molecule has 3 heteroatoms. The lowest BCUT2D eigenvalue weighted by Gasteiger charge is -2.31. The third-order valence-corrected chi connectivity index (χ3v) is 4.50. The van der Waals surface area contributed by atoms with E-state index >= 15 is 0 Å². The molecule has 1 aliphatic carbocycles. The molecule has 0 bridgehead atoms. The molecule has 0 amide bonds. The molecule has 3 N–H and O–H groups in total. The Labute approximate surface area is 107 Å². The normalized spacial score (nSPS) is 29.1. The summed E-state index contributed by atoms with van der Waals surface area (Å²) in [5, 5.41) is 3.74. The Morgan fingerprint density at radius 3 is 2.47 bits per heavy atom. The average molecular weight is 241 g/mol. The van der Waals surface area contributed by atoms with Gasteiger partial charge in [0.15, 0.2) is 0 Å². The van der Waals surface area contributed by atoms with E-state index in [9.17, 15) is 0 Å². The van der Waals surface area contributed by atoms with Crippen LogP contribution in [0.4, 0.5) is 0 Å². The molecule has 1 fully saturated rings. The number of nitrogens with zero attached hydrogens (tertiary/aromatic N) is 1. The van der Waals surface area contributed by atoms with Gasteiger partial charge in [-0.3, -0.25) is 0 Å². The van der Waals surface area contributed by atoms with E-state index in [-0.39, 0.29) is 5.54 Å². The van der Waals surface area contributed by atoms with Gasteiger partial charge in [0.25, 0.3) is 0 Å². The fourth-order valence-electron chi connectivity index (χ4n) is 3.02. The van der Waals surface area contributed by atoms with Crippen molar-refractivity contribution in [3.05, 3.63) is 0 Å². The monoisotopic (exact) mass is 241 g/mol. The Hall–Kier alpha value is -0.120.